The van der Waals surface area contributed by atoms with Crippen LogP contribution in [0.2, 0.25) is 0 Å². The summed E-state index contributed by atoms with van der Waals surface area (Å²) in [4.78, 5) is 40.9. The lowest BCUT2D eigenvalue weighted by Crippen LogP contribution is -2.17. The van der Waals surface area contributed by atoms with E-state index in [0.717, 1.165) is 0 Å². The fraction of sp³-hybridized carbons (Fsp3) is 0.0625. The van der Waals surface area contributed by atoms with Gasteiger partial charge in [0.25, 0.3) is 0 Å². The monoisotopic (exact) mass is 296 g/mol. The molecule has 0 aliphatic rings. The Morgan fingerprint density at radius 2 is 1.91 bits per heavy atom. The average Bonchev–Trinajstić information content (AvgIpc) is 3.06. The van der Waals surface area contributed by atoms with Crippen molar-refractivity contribution in [2.75, 3.05) is 6.61 Å². The van der Waals surface area contributed by atoms with Gasteiger partial charge in [0.15, 0.2) is 6.61 Å². The second kappa shape index (κ2) is 5.69. The minimum Gasteiger partial charge on any atom is -0.454 e. The van der Waals surface area contributed by atoms with Gasteiger partial charge in [0.05, 0.1) is 11.3 Å². The van der Waals surface area contributed by atoms with Crippen LogP contribution in [0.5, 0.6) is 0 Å². The summed E-state index contributed by atoms with van der Waals surface area (Å²) in [6, 6.07) is 11.3. The van der Waals surface area contributed by atoms with Gasteiger partial charge >= 0.3 is 5.97 Å². The van der Waals surface area contributed by atoms with E-state index in [0.29, 0.717) is 16.6 Å². The minimum absolute atomic E-state index is 0.138. The van der Waals surface area contributed by atoms with E-state index in [4.69, 9.17) is 4.74 Å². The zero-order chi connectivity index (χ0) is 15.5. The molecule has 0 saturated heterocycles. The van der Waals surface area contributed by atoms with Gasteiger partial charge in [0.1, 0.15) is 0 Å². The van der Waals surface area contributed by atoms with Gasteiger partial charge in [-0.3, -0.25) is 9.59 Å². The van der Waals surface area contributed by atoms with Crippen LogP contribution in [0.15, 0.2) is 53.5 Å². The van der Waals surface area contributed by atoms with Crippen molar-refractivity contribution in [3.63, 3.8) is 0 Å². The first-order valence-electron chi connectivity index (χ1n) is 6.61. The third-order valence-electron chi connectivity index (χ3n) is 3.20. The predicted molar refractivity (Wildman–Crippen MR) is 80.0 cm³/mol. The lowest BCUT2D eigenvalue weighted by molar-refractivity contribution is 0.0475. The Morgan fingerprint density at radius 3 is 2.68 bits per heavy atom. The van der Waals surface area contributed by atoms with E-state index in [1.165, 1.54) is 6.07 Å². The molecule has 2 heterocycles. The second-order valence-electron chi connectivity index (χ2n) is 4.68. The molecular formula is C16H12N2O4. The third-order valence-corrected chi connectivity index (χ3v) is 3.20. The van der Waals surface area contributed by atoms with Crippen LogP contribution in [0.4, 0.5) is 0 Å². The maximum absolute atomic E-state index is 12.1. The molecule has 1 aromatic carbocycles. The van der Waals surface area contributed by atoms with Crippen molar-refractivity contribution in [3.05, 3.63) is 70.3 Å². The molecule has 0 amide bonds. The van der Waals surface area contributed by atoms with Crippen molar-refractivity contribution < 1.29 is 14.3 Å². The fourth-order valence-electron chi connectivity index (χ4n) is 2.16. The molecule has 2 aromatic heterocycles. The summed E-state index contributed by atoms with van der Waals surface area (Å²) >= 11 is 0. The number of aromatic nitrogens is 2. The zero-order valence-electron chi connectivity index (χ0n) is 11.5. The quantitative estimate of drug-likeness (QED) is 0.568. The highest BCUT2D eigenvalue weighted by atomic mass is 16.5. The highest BCUT2D eigenvalue weighted by Gasteiger charge is 2.15. The number of para-hydroxylation sites is 1. The molecule has 3 rings (SSSR count). The number of carbonyl (C=O) groups excluding carboxylic acids is 2. The van der Waals surface area contributed by atoms with E-state index >= 15 is 0 Å². The molecule has 2 N–H and O–H groups in total. The summed E-state index contributed by atoms with van der Waals surface area (Å²) in [5.74, 6) is -1.05. The van der Waals surface area contributed by atoms with E-state index in [1.807, 2.05) is 0 Å². The van der Waals surface area contributed by atoms with Gasteiger partial charge in [-0.05, 0) is 18.2 Å². The number of Topliss-reactive ketones (excluding diaryl/α,β-unsaturated/α-hetero) is 1. The number of ether oxygens (including phenoxy) is 1. The van der Waals surface area contributed by atoms with Gasteiger partial charge in [-0.15, -0.1) is 0 Å². The summed E-state index contributed by atoms with van der Waals surface area (Å²) in [7, 11) is 0. The summed E-state index contributed by atoms with van der Waals surface area (Å²) < 4.78 is 5.02. The van der Waals surface area contributed by atoms with E-state index in [-0.39, 0.29) is 18.0 Å². The molecule has 0 radical (unpaired) electrons. The molecule has 0 unspecified atom stereocenters. The van der Waals surface area contributed by atoms with Crippen molar-refractivity contribution in [1.29, 1.82) is 0 Å². The van der Waals surface area contributed by atoms with Crippen LogP contribution in [-0.4, -0.2) is 28.3 Å². The van der Waals surface area contributed by atoms with Gasteiger partial charge in [-0.25, -0.2) is 4.79 Å². The van der Waals surface area contributed by atoms with Crippen LogP contribution in [0.25, 0.3) is 10.9 Å². The number of carbonyl (C=O) groups is 2. The molecule has 0 aliphatic carbocycles. The standard InChI is InChI=1S/C16H12N2O4/c19-14(13-6-3-7-17-13)9-22-16(21)11-8-15(20)18-12-5-2-1-4-10(11)12/h1-8,17H,9H2,(H,18,20). The number of H-pyrrole nitrogens is 2. The van der Waals surface area contributed by atoms with Crippen LogP contribution in [-0.2, 0) is 4.74 Å². The Hall–Kier alpha value is -3.15. The van der Waals surface area contributed by atoms with Crippen LogP contribution < -0.4 is 5.56 Å². The number of esters is 1. The Morgan fingerprint density at radius 1 is 1.09 bits per heavy atom. The number of pyridine rings is 1. The van der Waals surface area contributed by atoms with E-state index in [2.05, 4.69) is 9.97 Å². The summed E-state index contributed by atoms with van der Waals surface area (Å²) in [5, 5.41) is 0.569. The van der Waals surface area contributed by atoms with Gasteiger partial charge in [-0.1, -0.05) is 18.2 Å². The molecule has 0 atom stereocenters. The number of fused-ring (bicyclic) bond motifs is 1. The smallest absolute Gasteiger partial charge is 0.339 e. The summed E-state index contributed by atoms with van der Waals surface area (Å²) in [6.07, 6.45) is 1.61. The lowest BCUT2D eigenvalue weighted by Gasteiger charge is -2.06. The van der Waals surface area contributed by atoms with E-state index in [1.54, 1.807) is 42.6 Å². The Bertz CT molecular complexity index is 894. The fourth-order valence-corrected chi connectivity index (χ4v) is 2.16. The van der Waals surface area contributed by atoms with Crippen molar-refractivity contribution in [1.82, 2.24) is 9.97 Å². The normalized spacial score (nSPS) is 10.5. The highest BCUT2D eigenvalue weighted by Crippen LogP contribution is 2.15. The van der Waals surface area contributed by atoms with Crippen molar-refractivity contribution in [2.45, 2.75) is 0 Å². The number of hydrogen-bond acceptors (Lipinski definition) is 4. The topological polar surface area (TPSA) is 92.0 Å². The molecule has 0 bridgehead atoms. The molecule has 3 aromatic rings. The predicted octanol–water partition coefficient (Wildman–Crippen LogP) is 1.90. The van der Waals surface area contributed by atoms with Crippen molar-refractivity contribution in [3.8, 4) is 0 Å². The molecule has 22 heavy (non-hydrogen) atoms. The first kappa shape index (κ1) is 13.8. The molecule has 0 spiro atoms. The maximum atomic E-state index is 12.1. The molecule has 0 aliphatic heterocycles. The van der Waals surface area contributed by atoms with Crippen LogP contribution in [0.3, 0.4) is 0 Å². The first-order valence-corrected chi connectivity index (χ1v) is 6.61. The minimum atomic E-state index is -0.706. The van der Waals surface area contributed by atoms with Gasteiger partial charge in [0.2, 0.25) is 11.3 Å². The largest absolute Gasteiger partial charge is 0.454 e. The number of aromatic amines is 2. The number of rotatable bonds is 4. The lowest BCUT2D eigenvalue weighted by atomic mass is 10.1. The number of ketones is 1. The van der Waals surface area contributed by atoms with Crippen molar-refractivity contribution in [2.24, 2.45) is 0 Å². The van der Waals surface area contributed by atoms with Crippen LogP contribution >= 0.6 is 0 Å². The summed E-state index contributed by atoms with van der Waals surface area (Å²) in [6.45, 7) is -0.388. The molecule has 0 fully saturated rings. The molecule has 6 heteroatoms. The van der Waals surface area contributed by atoms with E-state index in [9.17, 15) is 14.4 Å². The Kier molecular flexibility index (Phi) is 3.57. The molecule has 0 saturated carbocycles. The Labute approximate surface area is 124 Å². The highest BCUT2D eigenvalue weighted by molar-refractivity contribution is 6.04. The van der Waals surface area contributed by atoms with Crippen LogP contribution in [0.1, 0.15) is 20.8 Å². The number of benzene rings is 1. The average molecular weight is 296 g/mol. The second-order valence-corrected chi connectivity index (χ2v) is 4.68. The van der Waals surface area contributed by atoms with Gasteiger partial charge < -0.3 is 14.7 Å². The Balaban J connectivity index is 1.83. The first-order chi connectivity index (χ1) is 10.6. The SMILES string of the molecule is O=C(COC(=O)c1cc(=O)[nH]c2ccccc12)c1ccc[nH]1. The number of hydrogen-bond donors (Lipinski definition) is 2. The molecular weight excluding hydrogens is 284 g/mol. The maximum Gasteiger partial charge on any atom is 0.339 e. The third kappa shape index (κ3) is 2.67. The van der Waals surface area contributed by atoms with Crippen molar-refractivity contribution >= 4 is 22.7 Å². The molecule has 6 nitrogen and oxygen atoms in total. The van der Waals surface area contributed by atoms with E-state index < -0.39 is 11.5 Å². The summed E-state index contributed by atoms with van der Waals surface area (Å²) in [5.41, 5.74) is 0.640. The van der Waals surface area contributed by atoms with Gasteiger partial charge in [-0.2, -0.15) is 0 Å². The van der Waals surface area contributed by atoms with Gasteiger partial charge in [0, 0.05) is 23.2 Å². The zero-order valence-corrected chi connectivity index (χ0v) is 11.5. The molecule has 110 valence electrons. The van der Waals surface area contributed by atoms with Crippen LogP contribution in [0, 0.1) is 0 Å². The number of nitrogens with one attached hydrogen (secondary N) is 2.